The zero-order valence-electron chi connectivity index (χ0n) is 12.1. The van der Waals surface area contributed by atoms with E-state index in [0.29, 0.717) is 6.42 Å². The molecule has 5 heteroatoms. The Balaban J connectivity index is 1.77. The van der Waals surface area contributed by atoms with Crippen LogP contribution >= 0.6 is 0 Å². The Kier molecular flexibility index (Phi) is 5.68. The van der Waals surface area contributed by atoms with Crippen LogP contribution in [0.5, 0.6) is 0 Å². The molecule has 0 aliphatic carbocycles. The van der Waals surface area contributed by atoms with Crippen molar-refractivity contribution in [2.24, 2.45) is 5.73 Å². The molecule has 0 saturated heterocycles. The lowest BCUT2D eigenvalue weighted by molar-refractivity contribution is -0.121. The Morgan fingerprint density at radius 1 is 0.955 bits per heavy atom. The van der Waals surface area contributed by atoms with E-state index in [4.69, 9.17) is 10.5 Å². The number of benzene rings is 2. The first-order valence-corrected chi connectivity index (χ1v) is 6.96. The summed E-state index contributed by atoms with van der Waals surface area (Å²) in [5, 5.41) is 2.15. The highest BCUT2D eigenvalue weighted by Gasteiger charge is 2.17. The molecule has 0 radical (unpaired) electrons. The van der Waals surface area contributed by atoms with E-state index in [0.717, 1.165) is 11.1 Å². The van der Waals surface area contributed by atoms with Gasteiger partial charge in [-0.25, -0.2) is 4.79 Å². The van der Waals surface area contributed by atoms with Crippen molar-refractivity contribution in [1.29, 1.82) is 0 Å². The summed E-state index contributed by atoms with van der Waals surface area (Å²) in [6.07, 6.45) is -0.434. The van der Waals surface area contributed by atoms with Gasteiger partial charge in [-0.2, -0.15) is 0 Å². The number of amides is 2. The van der Waals surface area contributed by atoms with Crippen LogP contribution in [0.2, 0.25) is 0 Å². The first kappa shape index (κ1) is 15.7. The van der Waals surface area contributed by atoms with Gasteiger partial charge in [0.1, 0.15) is 6.61 Å². The van der Waals surface area contributed by atoms with Crippen LogP contribution in [0.25, 0.3) is 0 Å². The van der Waals surface area contributed by atoms with Crippen molar-refractivity contribution >= 4 is 12.0 Å². The number of nitrogens with one attached hydrogen (secondary N) is 1. The van der Waals surface area contributed by atoms with Crippen molar-refractivity contribution in [2.45, 2.75) is 19.1 Å². The van der Waals surface area contributed by atoms with Crippen LogP contribution in [0.1, 0.15) is 11.1 Å². The summed E-state index contributed by atoms with van der Waals surface area (Å²) in [7, 11) is 0. The number of carbonyl (C=O) groups excluding carboxylic acids is 2. The predicted octanol–water partition coefficient (Wildman–Crippen LogP) is 2.01. The maximum atomic E-state index is 11.8. The molecule has 22 heavy (non-hydrogen) atoms. The van der Waals surface area contributed by atoms with Crippen molar-refractivity contribution in [3.8, 4) is 0 Å². The highest BCUT2D eigenvalue weighted by Crippen LogP contribution is 2.03. The highest BCUT2D eigenvalue weighted by molar-refractivity contribution is 5.94. The zero-order chi connectivity index (χ0) is 15.8. The molecule has 0 heterocycles. The van der Waals surface area contributed by atoms with Crippen molar-refractivity contribution < 1.29 is 14.3 Å². The smallest absolute Gasteiger partial charge is 0.414 e. The molecule has 0 bridgehead atoms. The summed E-state index contributed by atoms with van der Waals surface area (Å²) in [5.74, 6) is -0.554. The maximum Gasteiger partial charge on any atom is 0.414 e. The van der Waals surface area contributed by atoms with Crippen LogP contribution < -0.4 is 11.1 Å². The van der Waals surface area contributed by atoms with E-state index in [9.17, 15) is 9.59 Å². The average Bonchev–Trinajstić information content (AvgIpc) is 2.55. The van der Waals surface area contributed by atoms with Crippen LogP contribution in [-0.4, -0.2) is 18.0 Å². The monoisotopic (exact) mass is 298 g/mol. The van der Waals surface area contributed by atoms with Crippen LogP contribution in [-0.2, 0) is 22.6 Å². The summed E-state index contributed by atoms with van der Waals surface area (Å²) in [6.45, 7) is 0.105. The fourth-order valence-corrected chi connectivity index (χ4v) is 1.91. The Morgan fingerprint density at radius 3 is 2.09 bits per heavy atom. The minimum atomic E-state index is -0.799. The van der Waals surface area contributed by atoms with Crippen LogP contribution in [0, 0.1) is 0 Å². The van der Waals surface area contributed by atoms with Crippen LogP contribution in [0.3, 0.4) is 0 Å². The van der Waals surface area contributed by atoms with E-state index in [-0.39, 0.29) is 6.61 Å². The molecule has 2 aromatic carbocycles. The summed E-state index contributed by atoms with van der Waals surface area (Å²) in [6, 6.07) is 17.8. The Hall–Kier alpha value is -2.66. The largest absolute Gasteiger partial charge is 0.444 e. The van der Waals surface area contributed by atoms with Gasteiger partial charge in [-0.3, -0.25) is 10.1 Å². The zero-order valence-corrected chi connectivity index (χ0v) is 12.1. The van der Waals surface area contributed by atoms with Gasteiger partial charge in [0.05, 0.1) is 6.04 Å². The van der Waals surface area contributed by atoms with Gasteiger partial charge in [-0.1, -0.05) is 60.7 Å². The molecule has 0 aliphatic rings. The normalized spacial score (nSPS) is 11.5. The second-order valence-corrected chi connectivity index (χ2v) is 4.85. The molecule has 0 aromatic heterocycles. The highest BCUT2D eigenvalue weighted by atomic mass is 16.5. The molecule has 114 valence electrons. The molecule has 2 amide bonds. The number of alkyl carbamates (subject to hydrolysis) is 1. The average molecular weight is 298 g/mol. The van der Waals surface area contributed by atoms with Crippen molar-refractivity contribution in [3.05, 3.63) is 71.8 Å². The molecule has 2 aromatic rings. The fourth-order valence-electron chi connectivity index (χ4n) is 1.91. The lowest BCUT2D eigenvalue weighted by Gasteiger charge is -2.11. The van der Waals surface area contributed by atoms with Crippen molar-refractivity contribution in [1.82, 2.24) is 5.32 Å². The number of ether oxygens (including phenoxy) is 1. The molecule has 1 unspecified atom stereocenters. The standard InChI is InChI=1S/C17H18N2O3/c18-15(11-13-7-3-1-4-8-13)16(20)19-17(21)22-12-14-9-5-2-6-10-14/h1-10,15H,11-12,18H2,(H,19,20,21). The van der Waals surface area contributed by atoms with E-state index in [1.54, 1.807) is 0 Å². The number of nitrogens with two attached hydrogens (primary N) is 1. The number of hydrogen-bond acceptors (Lipinski definition) is 4. The van der Waals surface area contributed by atoms with Gasteiger partial charge in [0.15, 0.2) is 0 Å². The summed E-state index contributed by atoms with van der Waals surface area (Å²) >= 11 is 0. The van der Waals surface area contributed by atoms with Crippen molar-refractivity contribution in [2.75, 3.05) is 0 Å². The SMILES string of the molecule is NC(Cc1ccccc1)C(=O)NC(=O)OCc1ccccc1. The Labute approximate surface area is 129 Å². The van der Waals surface area contributed by atoms with Crippen LogP contribution in [0.15, 0.2) is 60.7 Å². The van der Waals surface area contributed by atoms with Gasteiger partial charge in [-0.05, 0) is 17.5 Å². The molecule has 2 rings (SSSR count). The number of hydrogen-bond donors (Lipinski definition) is 2. The Morgan fingerprint density at radius 2 is 1.50 bits per heavy atom. The summed E-state index contributed by atoms with van der Waals surface area (Å²) < 4.78 is 4.97. The predicted molar refractivity (Wildman–Crippen MR) is 82.9 cm³/mol. The lowest BCUT2D eigenvalue weighted by atomic mass is 10.1. The van der Waals surface area contributed by atoms with E-state index in [1.165, 1.54) is 0 Å². The third kappa shape index (κ3) is 5.03. The minimum Gasteiger partial charge on any atom is -0.444 e. The first-order valence-electron chi connectivity index (χ1n) is 6.96. The molecule has 3 N–H and O–H groups in total. The molecule has 1 atom stereocenters. The summed E-state index contributed by atoms with van der Waals surface area (Å²) in [4.78, 5) is 23.4. The molecule has 0 aliphatic heterocycles. The number of rotatable bonds is 5. The molecule has 0 spiro atoms. The quantitative estimate of drug-likeness (QED) is 0.884. The van der Waals surface area contributed by atoms with Crippen molar-refractivity contribution in [3.63, 3.8) is 0 Å². The first-order chi connectivity index (χ1) is 10.6. The van der Waals surface area contributed by atoms with E-state index in [2.05, 4.69) is 5.32 Å². The van der Waals surface area contributed by atoms with Gasteiger partial charge in [0.2, 0.25) is 5.91 Å². The third-order valence-electron chi connectivity index (χ3n) is 3.07. The minimum absolute atomic E-state index is 0.105. The van der Waals surface area contributed by atoms with E-state index >= 15 is 0 Å². The maximum absolute atomic E-state index is 11.8. The van der Waals surface area contributed by atoms with Crippen LogP contribution in [0.4, 0.5) is 4.79 Å². The topological polar surface area (TPSA) is 81.4 Å². The van der Waals surface area contributed by atoms with Gasteiger partial charge < -0.3 is 10.5 Å². The Bertz CT molecular complexity index is 614. The molecular weight excluding hydrogens is 280 g/mol. The second kappa shape index (κ2) is 7.95. The molecular formula is C17H18N2O3. The van der Waals surface area contributed by atoms with Gasteiger partial charge in [0, 0.05) is 0 Å². The molecule has 0 fully saturated rings. The number of imide groups is 1. The van der Waals surface area contributed by atoms with Gasteiger partial charge in [-0.15, -0.1) is 0 Å². The summed E-state index contributed by atoms with van der Waals surface area (Å²) in [5.41, 5.74) is 7.56. The molecule has 5 nitrogen and oxygen atoms in total. The molecule has 0 saturated carbocycles. The van der Waals surface area contributed by atoms with Gasteiger partial charge in [0.25, 0.3) is 0 Å². The fraction of sp³-hybridized carbons (Fsp3) is 0.176. The van der Waals surface area contributed by atoms with E-state index < -0.39 is 18.0 Å². The number of carbonyl (C=O) groups is 2. The lowest BCUT2D eigenvalue weighted by Crippen LogP contribution is -2.44. The second-order valence-electron chi connectivity index (χ2n) is 4.85. The third-order valence-corrected chi connectivity index (χ3v) is 3.07. The van der Waals surface area contributed by atoms with E-state index in [1.807, 2.05) is 60.7 Å². The van der Waals surface area contributed by atoms with Gasteiger partial charge >= 0.3 is 6.09 Å².